The van der Waals surface area contributed by atoms with Crippen molar-refractivity contribution in [3.63, 3.8) is 0 Å². The molecule has 8 heteroatoms. The molecule has 30 heavy (non-hydrogen) atoms. The minimum absolute atomic E-state index is 0.0148. The molecule has 0 radical (unpaired) electrons. The minimum atomic E-state index is -3.58. The molecule has 0 spiro atoms. The van der Waals surface area contributed by atoms with Gasteiger partial charge in [0.05, 0.1) is 4.90 Å². The molecule has 0 unspecified atom stereocenters. The van der Waals surface area contributed by atoms with E-state index in [1.54, 1.807) is 34.3 Å². The Balaban J connectivity index is 1.53. The fourth-order valence-electron chi connectivity index (χ4n) is 4.30. The lowest BCUT2D eigenvalue weighted by Crippen LogP contribution is -2.48. The zero-order valence-corrected chi connectivity index (χ0v) is 18.8. The predicted octanol–water partition coefficient (Wildman–Crippen LogP) is 3.46. The number of sulfonamides is 1. The maximum absolute atomic E-state index is 13.3. The van der Waals surface area contributed by atoms with Crippen LogP contribution in [0.1, 0.15) is 24.5 Å². The molecule has 2 aromatic carbocycles. The van der Waals surface area contributed by atoms with Crippen LogP contribution in [0.5, 0.6) is 0 Å². The van der Waals surface area contributed by atoms with Crippen molar-refractivity contribution in [2.45, 2.75) is 31.6 Å². The average Bonchev–Trinajstić information content (AvgIpc) is 2.74. The lowest BCUT2D eigenvalue weighted by molar-refractivity contribution is -0.116. The molecule has 4 rings (SSSR count). The van der Waals surface area contributed by atoms with Crippen LogP contribution in [0.3, 0.4) is 0 Å². The third-order valence-corrected chi connectivity index (χ3v) is 8.07. The lowest BCUT2D eigenvalue weighted by atomic mass is 10.0. The number of amides is 1. The standard InChI is InChI=1S/C22H26ClN3O3S/c1-16-5-6-19(23)15-22(16)24-10-12-25(13-11-24)30(28,29)20-7-8-21-18(14-20)4-3-9-26(21)17(2)27/h5-8,14-15H,3-4,9-13H2,1-2H3. The zero-order chi connectivity index (χ0) is 21.5. The van der Waals surface area contributed by atoms with Crippen LogP contribution in [0.4, 0.5) is 11.4 Å². The van der Waals surface area contributed by atoms with Gasteiger partial charge in [-0.2, -0.15) is 4.31 Å². The van der Waals surface area contributed by atoms with Crippen LogP contribution in [-0.2, 0) is 21.2 Å². The van der Waals surface area contributed by atoms with Crippen molar-refractivity contribution in [3.05, 3.63) is 52.5 Å². The maximum Gasteiger partial charge on any atom is 0.243 e. The van der Waals surface area contributed by atoms with Crippen LogP contribution in [0.15, 0.2) is 41.3 Å². The van der Waals surface area contributed by atoms with E-state index in [-0.39, 0.29) is 5.91 Å². The quantitative estimate of drug-likeness (QED) is 0.723. The van der Waals surface area contributed by atoms with Crippen LogP contribution in [-0.4, -0.2) is 51.4 Å². The minimum Gasteiger partial charge on any atom is -0.369 e. The second kappa shape index (κ2) is 8.21. The van der Waals surface area contributed by atoms with Crippen LogP contribution < -0.4 is 9.80 Å². The van der Waals surface area contributed by atoms with Gasteiger partial charge in [-0.05, 0) is 61.2 Å². The van der Waals surface area contributed by atoms with E-state index in [4.69, 9.17) is 11.6 Å². The second-order valence-corrected chi connectivity index (χ2v) is 10.3. The molecule has 160 valence electrons. The number of hydrogen-bond acceptors (Lipinski definition) is 4. The fraction of sp³-hybridized carbons (Fsp3) is 0.409. The third-order valence-electron chi connectivity index (χ3n) is 5.94. The van der Waals surface area contributed by atoms with E-state index in [1.165, 1.54) is 0 Å². The molecule has 1 amide bonds. The summed E-state index contributed by atoms with van der Waals surface area (Å²) in [6.07, 6.45) is 1.62. The van der Waals surface area contributed by atoms with Crippen molar-refractivity contribution in [2.75, 3.05) is 42.5 Å². The summed E-state index contributed by atoms with van der Waals surface area (Å²) in [6.45, 7) is 6.33. The molecule has 2 heterocycles. The summed E-state index contributed by atoms with van der Waals surface area (Å²) in [4.78, 5) is 16.1. The summed E-state index contributed by atoms with van der Waals surface area (Å²) in [5.74, 6) is -0.0148. The van der Waals surface area contributed by atoms with Crippen molar-refractivity contribution >= 4 is 38.9 Å². The van der Waals surface area contributed by atoms with Gasteiger partial charge in [-0.1, -0.05) is 17.7 Å². The lowest BCUT2D eigenvalue weighted by Gasteiger charge is -2.36. The third kappa shape index (κ3) is 3.94. The first-order valence-corrected chi connectivity index (χ1v) is 12.0. The first-order valence-electron chi connectivity index (χ1n) is 10.2. The van der Waals surface area contributed by atoms with E-state index in [0.717, 1.165) is 35.3 Å². The normalized spacial score (nSPS) is 17.7. The molecule has 2 aliphatic rings. The molecule has 6 nitrogen and oxygen atoms in total. The molecule has 2 aliphatic heterocycles. The topological polar surface area (TPSA) is 60.9 Å². The highest BCUT2D eigenvalue weighted by Gasteiger charge is 2.30. The number of aryl methyl sites for hydroxylation is 2. The van der Waals surface area contributed by atoms with E-state index in [9.17, 15) is 13.2 Å². The average molecular weight is 448 g/mol. The number of benzene rings is 2. The van der Waals surface area contributed by atoms with Crippen molar-refractivity contribution in [1.29, 1.82) is 0 Å². The molecule has 0 aromatic heterocycles. The maximum atomic E-state index is 13.3. The molecule has 1 fully saturated rings. The van der Waals surface area contributed by atoms with Gasteiger partial charge in [0, 0.05) is 56.0 Å². The number of rotatable bonds is 3. The van der Waals surface area contributed by atoms with Crippen LogP contribution in [0.2, 0.25) is 5.02 Å². The number of carbonyl (C=O) groups excluding carboxylic acids is 1. The van der Waals surface area contributed by atoms with Gasteiger partial charge in [0.2, 0.25) is 15.9 Å². The number of halogens is 1. The van der Waals surface area contributed by atoms with Crippen molar-refractivity contribution in [2.24, 2.45) is 0 Å². The number of nitrogens with zero attached hydrogens (tertiary/aromatic N) is 3. The number of hydrogen-bond donors (Lipinski definition) is 0. The SMILES string of the molecule is CC(=O)N1CCCc2cc(S(=O)(=O)N3CCN(c4cc(Cl)ccc4C)CC3)ccc21. The Labute approximate surface area is 183 Å². The van der Waals surface area contributed by atoms with Crippen molar-refractivity contribution in [3.8, 4) is 0 Å². The Kier molecular flexibility index (Phi) is 5.79. The number of carbonyl (C=O) groups is 1. The predicted molar refractivity (Wildman–Crippen MR) is 120 cm³/mol. The molecule has 0 saturated carbocycles. The molecular formula is C22H26ClN3O3S. The highest BCUT2D eigenvalue weighted by molar-refractivity contribution is 7.89. The first kappa shape index (κ1) is 21.2. The zero-order valence-electron chi connectivity index (χ0n) is 17.3. The molecule has 2 aromatic rings. The highest BCUT2D eigenvalue weighted by atomic mass is 35.5. The number of fused-ring (bicyclic) bond motifs is 1. The Morgan fingerprint density at radius 1 is 0.967 bits per heavy atom. The summed E-state index contributed by atoms with van der Waals surface area (Å²) in [5.41, 5.74) is 3.93. The number of anilines is 2. The molecule has 1 saturated heterocycles. The molecular weight excluding hydrogens is 422 g/mol. The summed E-state index contributed by atoms with van der Waals surface area (Å²) in [6, 6.07) is 10.9. The summed E-state index contributed by atoms with van der Waals surface area (Å²) in [7, 11) is -3.58. The number of piperazine rings is 1. The van der Waals surface area contributed by atoms with Gasteiger partial charge in [-0.3, -0.25) is 4.79 Å². The highest BCUT2D eigenvalue weighted by Crippen LogP contribution is 2.31. The van der Waals surface area contributed by atoms with Crippen LogP contribution >= 0.6 is 11.6 Å². The van der Waals surface area contributed by atoms with E-state index >= 15 is 0 Å². The summed E-state index contributed by atoms with van der Waals surface area (Å²) in [5, 5.41) is 0.680. The Morgan fingerprint density at radius 2 is 1.70 bits per heavy atom. The second-order valence-electron chi connectivity index (χ2n) is 7.89. The van der Waals surface area contributed by atoms with Gasteiger partial charge in [-0.15, -0.1) is 0 Å². The van der Waals surface area contributed by atoms with E-state index < -0.39 is 10.0 Å². The van der Waals surface area contributed by atoms with Gasteiger partial charge in [0.1, 0.15) is 0 Å². The van der Waals surface area contributed by atoms with Gasteiger partial charge < -0.3 is 9.80 Å². The molecule has 0 aliphatic carbocycles. The van der Waals surface area contributed by atoms with Gasteiger partial charge in [-0.25, -0.2) is 8.42 Å². The monoisotopic (exact) mass is 447 g/mol. The van der Waals surface area contributed by atoms with Gasteiger partial charge in [0.25, 0.3) is 0 Å². The Bertz CT molecular complexity index is 1080. The van der Waals surface area contributed by atoms with Crippen LogP contribution in [0, 0.1) is 6.92 Å². The van der Waals surface area contributed by atoms with Gasteiger partial charge >= 0.3 is 0 Å². The van der Waals surface area contributed by atoms with Crippen LogP contribution in [0.25, 0.3) is 0 Å². The fourth-order valence-corrected chi connectivity index (χ4v) is 5.94. The van der Waals surface area contributed by atoms with E-state index in [1.807, 2.05) is 25.1 Å². The Morgan fingerprint density at radius 3 is 2.40 bits per heavy atom. The summed E-state index contributed by atoms with van der Waals surface area (Å²) >= 11 is 6.15. The van der Waals surface area contributed by atoms with Crippen molar-refractivity contribution < 1.29 is 13.2 Å². The van der Waals surface area contributed by atoms with Gasteiger partial charge in [0.15, 0.2) is 0 Å². The summed E-state index contributed by atoms with van der Waals surface area (Å²) < 4.78 is 28.1. The van der Waals surface area contributed by atoms with Crippen molar-refractivity contribution in [1.82, 2.24) is 4.31 Å². The molecule has 0 N–H and O–H groups in total. The largest absolute Gasteiger partial charge is 0.369 e. The Hall–Kier alpha value is -2.09. The van der Waals surface area contributed by atoms with E-state index in [2.05, 4.69) is 4.90 Å². The smallest absolute Gasteiger partial charge is 0.243 e. The molecule has 0 bridgehead atoms. The molecule has 0 atom stereocenters. The first-order chi connectivity index (χ1) is 14.3. The van der Waals surface area contributed by atoms with E-state index in [0.29, 0.717) is 42.6 Å².